The van der Waals surface area contributed by atoms with Gasteiger partial charge in [-0.15, -0.1) is 0 Å². The molecule has 1 aliphatic rings. The molecule has 24 heavy (non-hydrogen) atoms. The number of rotatable bonds is 5. The normalized spacial score (nSPS) is 16.4. The van der Waals surface area contributed by atoms with Crippen LogP contribution in [-0.2, 0) is 11.3 Å². The highest BCUT2D eigenvalue weighted by molar-refractivity contribution is 8.00. The van der Waals surface area contributed by atoms with E-state index in [9.17, 15) is 9.59 Å². The maximum Gasteiger partial charge on any atom is 0.262 e. The van der Waals surface area contributed by atoms with E-state index in [0.717, 1.165) is 12.8 Å². The van der Waals surface area contributed by atoms with Gasteiger partial charge < -0.3 is 5.32 Å². The van der Waals surface area contributed by atoms with Crippen molar-refractivity contribution in [2.75, 3.05) is 0 Å². The van der Waals surface area contributed by atoms with Crippen LogP contribution in [0.2, 0.25) is 0 Å². The highest BCUT2D eigenvalue weighted by Crippen LogP contribution is 2.24. The van der Waals surface area contributed by atoms with Crippen molar-refractivity contribution in [3.63, 3.8) is 0 Å². The minimum absolute atomic E-state index is 0.0250. The molecule has 0 bridgehead atoms. The molecular formula is C18H23N3O2S. The first-order valence-corrected chi connectivity index (χ1v) is 9.44. The Bertz CT molecular complexity index is 796. The van der Waals surface area contributed by atoms with Crippen molar-refractivity contribution in [2.45, 2.75) is 62.5 Å². The van der Waals surface area contributed by atoms with E-state index in [-0.39, 0.29) is 16.7 Å². The zero-order valence-electron chi connectivity index (χ0n) is 14.1. The average Bonchev–Trinajstić information content (AvgIpc) is 3.08. The molecule has 1 heterocycles. The number of fused-ring (bicyclic) bond motifs is 1. The molecule has 1 amide bonds. The minimum Gasteiger partial charge on any atom is -0.352 e. The van der Waals surface area contributed by atoms with Gasteiger partial charge in [0.1, 0.15) is 0 Å². The molecule has 0 unspecified atom stereocenters. The summed E-state index contributed by atoms with van der Waals surface area (Å²) in [5.41, 5.74) is 0.632. The number of carbonyl (C=O) groups excluding carboxylic acids is 1. The minimum atomic E-state index is -0.281. The van der Waals surface area contributed by atoms with Crippen LogP contribution in [0.5, 0.6) is 0 Å². The molecule has 6 heteroatoms. The number of para-hydroxylation sites is 1. The van der Waals surface area contributed by atoms with E-state index in [1.165, 1.54) is 24.6 Å². The summed E-state index contributed by atoms with van der Waals surface area (Å²) in [4.78, 5) is 29.6. The van der Waals surface area contributed by atoms with E-state index in [1.807, 2.05) is 32.0 Å². The number of hydrogen-bond donors (Lipinski definition) is 1. The van der Waals surface area contributed by atoms with Crippen LogP contribution in [0.4, 0.5) is 0 Å². The third-order valence-corrected chi connectivity index (χ3v) is 5.59. The molecule has 5 nitrogen and oxygen atoms in total. The van der Waals surface area contributed by atoms with E-state index in [2.05, 4.69) is 10.3 Å². The van der Waals surface area contributed by atoms with Crippen LogP contribution < -0.4 is 10.9 Å². The Morgan fingerprint density at radius 3 is 2.79 bits per heavy atom. The average molecular weight is 345 g/mol. The fourth-order valence-corrected chi connectivity index (χ4v) is 4.10. The van der Waals surface area contributed by atoms with Gasteiger partial charge in [0, 0.05) is 12.6 Å². The van der Waals surface area contributed by atoms with Gasteiger partial charge in [-0.1, -0.05) is 36.7 Å². The fraction of sp³-hybridized carbons (Fsp3) is 0.500. The second-order valence-electron chi connectivity index (χ2n) is 6.21. The SMILES string of the molecule is CCn1c(S[C@@H](C)C(=O)NC2CCCC2)nc2ccccc2c1=O. The highest BCUT2D eigenvalue weighted by atomic mass is 32.2. The zero-order chi connectivity index (χ0) is 17.1. The quantitative estimate of drug-likeness (QED) is 0.668. The number of nitrogens with zero attached hydrogens (tertiary/aromatic N) is 2. The zero-order valence-corrected chi connectivity index (χ0v) is 14.9. The molecule has 0 saturated heterocycles. The van der Waals surface area contributed by atoms with Crippen molar-refractivity contribution in [3.8, 4) is 0 Å². The van der Waals surface area contributed by atoms with Crippen LogP contribution >= 0.6 is 11.8 Å². The Labute approximate surface area is 145 Å². The van der Waals surface area contributed by atoms with Crippen LogP contribution in [-0.4, -0.2) is 26.8 Å². The summed E-state index contributed by atoms with van der Waals surface area (Å²) in [6, 6.07) is 7.65. The summed E-state index contributed by atoms with van der Waals surface area (Å²) < 4.78 is 1.65. The topological polar surface area (TPSA) is 64.0 Å². The molecule has 1 aromatic carbocycles. The second kappa shape index (κ2) is 7.38. The smallest absolute Gasteiger partial charge is 0.262 e. The van der Waals surface area contributed by atoms with Gasteiger partial charge in [-0.2, -0.15) is 0 Å². The number of aromatic nitrogens is 2. The van der Waals surface area contributed by atoms with E-state index >= 15 is 0 Å². The van der Waals surface area contributed by atoms with Gasteiger partial charge in [-0.3, -0.25) is 14.2 Å². The number of nitrogens with one attached hydrogen (secondary N) is 1. The Kier molecular flexibility index (Phi) is 5.23. The molecule has 1 fully saturated rings. The van der Waals surface area contributed by atoms with Crippen LogP contribution in [0.25, 0.3) is 10.9 Å². The van der Waals surface area contributed by atoms with Crippen LogP contribution in [0.15, 0.2) is 34.2 Å². The van der Waals surface area contributed by atoms with E-state index in [1.54, 1.807) is 10.6 Å². The van der Waals surface area contributed by atoms with Gasteiger partial charge in [0.2, 0.25) is 5.91 Å². The van der Waals surface area contributed by atoms with Gasteiger partial charge in [-0.25, -0.2) is 4.98 Å². The number of amides is 1. The van der Waals surface area contributed by atoms with E-state index in [4.69, 9.17) is 0 Å². The van der Waals surface area contributed by atoms with Crippen molar-refractivity contribution >= 4 is 28.6 Å². The molecule has 1 aromatic heterocycles. The summed E-state index contributed by atoms with van der Waals surface area (Å²) in [6.07, 6.45) is 4.51. The maximum atomic E-state index is 12.6. The number of hydrogen-bond acceptors (Lipinski definition) is 4. The van der Waals surface area contributed by atoms with Gasteiger partial charge in [0.25, 0.3) is 5.56 Å². The Morgan fingerprint density at radius 1 is 1.38 bits per heavy atom. The molecule has 1 atom stereocenters. The van der Waals surface area contributed by atoms with Crippen LogP contribution in [0.3, 0.4) is 0 Å². The summed E-state index contributed by atoms with van der Waals surface area (Å²) in [5, 5.41) is 4.06. The molecule has 0 radical (unpaired) electrons. The van der Waals surface area contributed by atoms with Gasteiger partial charge in [0.15, 0.2) is 5.16 Å². The van der Waals surface area contributed by atoms with E-state index < -0.39 is 0 Å². The van der Waals surface area contributed by atoms with Crippen LogP contribution in [0.1, 0.15) is 39.5 Å². The Balaban J connectivity index is 1.83. The van der Waals surface area contributed by atoms with Crippen LogP contribution in [0, 0.1) is 0 Å². The van der Waals surface area contributed by atoms with Crippen molar-refractivity contribution in [1.82, 2.24) is 14.9 Å². The van der Waals surface area contributed by atoms with Crippen molar-refractivity contribution in [1.29, 1.82) is 0 Å². The summed E-state index contributed by atoms with van der Waals surface area (Å²) in [5.74, 6) is 0.0250. The highest BCUT2D eigenvalue weighted by Gasteiger charge is 2.23. The summed E-state index contributed by atoms with van der Waals surface area (Å²) >= 11 is 1.36. The van der Waals surface area contributed by atoms with Gasteiger partial charge in [-0.05, 0) is 38.8 Å². The van der Waals surface area contributed by atoms with Crippen molar-refractivity contribution in [3.05, 3.63) is 34.6 Å². The van der Waals surface area contributed by atoms with E-state index in [0.29, 0.717) is 28.6 Å². The lowest BCUT2D eigenvalue weighted by Crippen LogP contribution is -2.38. The lowest BCUT2D eigenvalue weighted by Gasteiger charge is -2.18. The first kappa shape index (κ1) is 17.0. The molecule has 1 aliphatic carbocycles. The van der Waals surface area contributed by atoms with Crippen molar-refractivity contribution < 1.29 is 4.79 Å². The Morgan fingerprint density at radius 2 is 2.08 bits per heavy atom. The lowest BCUT2D eigenvalue weighted by molar-refractivity contribution is -0.120. The predicted molar refractivity (Wildman–Crippen MR) is 97.4 cm³/mol. The second-order valence-corrected chi connectivity index (χ2v) is 7.52. The molecule has 2 aromatic rings. The lowest BCUT2D eigenvalue weighted by atomic mass is 10.2. The van der Waals surface area contributed by atoms with Gasteiger partial charge in [0.05, 0.1) is 16.2 Å². The number of thioether (sulfide) groups is 1. The molecule has 0 spiro atoms. The third-order valence-electron chi connectivity index (χ3n) is 4.50. The molecular weight excluding hydrogens is 322 g/mol. The number of benzene rings is 1. The molecule has 128 valence electrons. The maximum absolute atomic E-state index is 12.6. The van der Waals surface area contributed by atoms with Gasteiger partial charge >= 0.3 is 0 Å². The summed E-state index contributed by atoms with van der Waals surface area (Å²) in [7, 11) is 0. The molecule has 3 rings (SSSR count). The Hall–Kier alpha value is -1.82. The molecule has 0 aliphatic heterocycles. The standard InChI is InChI=1S/C18H23N3O2S/c1-3-21-17(23)14-10-6-7-11-15(14)20-18(21)24-12(2)16(22)19-13-8-4-5-9-13/h6-7,10-13H,3-5,8-9H2,1-2H3,(H,19,22)/t12-/m0/s1. The monoisotopic (exact) mass is 345 g/mol. The molecule has 1 N–H and O–H groups in total. The predicted octanol–water partition coefficient (Wildman–Crippen LogP) is 2.96. The first-order valence-electron chi connectivity index (χ1n) is 8.56. The molecule has 1 saturated carbocycles. The summed E-state index contributed by atoms with van der Waals surface area (Å²) in [6.45, 7) is 4.33. The largest absolute Gasteiger partial charge is 0.352 e. The first-order chi connectivity index (χ1) is 11.6. The van der Waals surface area contributed by atoms with Crippen molar-refractivity contribution in [2.24, 2.45) is 0 Å². The number of carbonyl (C=O) groups is 1. The fourth-order valence-electron chi connectivity index (χ4n) is 3.12. The third kappa shape index (κ3) is 3.48.